The average molecular weight is 275 g/mol. The van der Waals surface area contributed by atoms with Crippen molar-refractivity contribution in [2.45, 2.75) is 47.0 Å². The minimum atomic E-state index is 0.234. The second-order valence-electron chi connectivity index (χ2n) is 5.71. The Kier molecular flexibility index (Phi) is 7.53. The molecule has 2 heteroatoms. The number of hydrogen-bond acceptors (Lipinski definition) is 2. The summed E-state index contributed by atoms with van der Waals surface area (Å²) in [5.74, 6) is 0.882. The van der Waals surface area contributed by atoms with E-state index in [0.29, 0.717) is 12.5 Å². The minimum Gasteiger partial charge on any atom is -0.296 e. The predicted molar refractivity (Wildman–Crippen MR) is 86.3 cm³/mol. The highest BCUT2D eigenvalue weighted by molar-refractivity contribution is 5.97. The summed E-state index contributed by atoms with van der Waals surface area (Å²) in [6.45, 7) is 11.2. The van der Waals surface area contributed by atoms with E-state index in [1.54, 1.807) is 0 Å². The first-order chi connectivity index (χ1) is 9.60. The number of carbonyl (C=O) groups is 1. The van der Waals surface area contributed by atoms with Crippen molar-refractivity contribution >= 4 is 5.78 Å². The third kappa shape index (κ3) is 5.46. The zero-order valence-electron chi connectivity index (χ0n) is 13.5. The lowest BCUT2D eigenvalue weighted by Crippen LogP contribution is -2.33. The molecule has 1 aromatic carbocycles. The van der Waals surface area contributed by atoms with Gasteiger partial charge in [-0.15, -0.1) is 0 Å². The van der Waals surface area contributed by atoms with Gasteiger partial charge in [0.05, 0.1) is 6.54 Å². The molecule has 0 spiro atoms. The van der Waals surface area contributed by atoms with E-state index >= 15 is 0 Å². The van der Waals surface area contributed by atoms with Crippen LogP contribution in [0.25, 0.3) is 0 Å². The van der Waals surface area contributed by atoms with Crippen LogP contribution in [0.5, 0.6) is 0 Å². The van der Waals surface area contributed by atoms with Crippen LogP contribution in [0.1, 0.15) is 56.5 Å². The fraction of sp³-hybridized carbons (Fsp3) is 0.611. The van der Waals surface area contributed by atoms with Gasteiger partial charge in [-0.2, -0.15) is 0 Å². The zero-order chi connectivity index (χ0) is 15.0. The van der Waals surface area contributed by atoms with Gasteiger partial charge in [-0.25, -0.2) is 0 Å². The lowest BCUT2D eigenvalue weighted by Gasteiger charge is -2.22. The zero-order valence-corrected chi connectivity index (χ0v) is 13.5. The minimum absolute atomic E-state index is 0.234. The maximum Gasteiger partial charge on any atom is 0.176 e. The van der Waals surface area contributed by atoms with E-state index in [1.165, 1.54) is 5.56 Å². The molecular formula is C18H29NO. The fourth-order valence-corrected chi connectivity index (χ4v) is 2.32. The second-order valence-corrected chi connectivity index (χ2v) is 5.71. The molecule has 1 rings (SSSR count). The molecule has 0 radical (unpaired) electrons. The van der Waals surface area contributed by atoms with Gasteiger partial charge in [-0.3, -0.25) is 9.69 Å². The van der Waals surface area contributed by atoms with E-state index in [1.807, 2.05) is 12.1 Å². The number of rotatable bonds is 9. The third-order valence-electron chi connectivity index (χ3n) is 3.90. The Labute approximate surface area is 124 Å². The highest BCUT2D eigenvalue weighted by Crippen LogP contribution is 2.10. The summed E-state index contributed by atoms with van der Waals surface area (Å²) in [4.78, 5) is 14.6. The van der Waals surface area contributed by atoms with E-state index in [4.69, 9.17) is 0 Å². The maximum atomic E-state index is 12.3. The van der Waals surface area contributed by atoms with Gasteiger partial charge in [0.2, 0.25) is 0 Å². The molecule has 0 aromatic heterocycles. The van der Waals surface area contributed by atoms with Crippen LogP contribution in [-0.4, -0.2) is 30.3 Å². The molecule has 1 unspecified atom stereocenters. The molecule has 20 heavy (non-hydrogen) atoms. The number of hydrogen-bond donors (Lipinski definition) is 0. The summed E-state index contributed by atoms with van der Waals surface area (Å²) in [5.41, 5.74) is 2.16. The van der Waals surface area contributed by atoms with Gasteiger partial charge in [0.1, 0.15) is 0 Å². The number of likely N-dealkylation sites (N-methyl/N-ethyl adjacent to an activating group) is 1. The number of carbonyl (C=O) groups excluding carboxylic acids is 1. The lowest BCUT2D eigenvalue weighted by molar-refractivity contribution is 0.0924. The van der Waals surface area contributed by atoms with Gasteiger partial charge in [0, 0.05) is 12.1 Å². The lowest BCUT2D eigenvalue weighted by atomic mass is 10.0. The molecule has 0 aliphatic heterocycles. The van der Waals surface area contributed by atoms with Crippen LogP contribution in [-0.2, 0) is 6.42 Å². The van der Waals surface area contributed by atoms with E-state index in [2.05, 4.69) is 44.7 Å². The second kappa shape index (κ2) is 8.91. The van der Waals surface area contributed by atoms with Gasteiger partial charge >= 0.3 is 0 Å². The number of Topliss-reactive ketones (excluding diaryl/α,β-unsaturated/α-hetero) is 1. The quantitative estimate of drug-likeness (QED) is 0.630. The molecule has 1 atom stereocenters. The monoisotopic (exact) mass is 275 g/mol. The van der Waals surface area contributed by atoms with E-state index in [9.17, 15) is 4.79 Å². The van der Waals surface area contributed by atoms with E-state index in [-0.39, 0.29) is 5.78 Å². The van der Waals surface area contributed by atoms with Crippen LogP contribution < -0.4 is 0 Å². The van der Waals surface area contributed by atoms with Crippen LogP contribution in [0.2, 0.25) is 0 Å². The molecular weight excluding hydrogens is 246 g/mol. The highest BCUT2D eigenvalue weighted by atomic mass is 16.1. The first kappa shape index (κ1) is 16.9. The van der Waals surface area contributed by atoms with Crippen molar-refractivity contribution in [3.05, 3.63) is 35.4 Å². The molecule has 0 aliphatic carbocycles. The SMILES string of the molecule is CCCc1ccc(C(=O)CN(CC)CC(C)CC)cc1. The van der Waals surface area contributed by atoms with Crippen LogP contribution in [0.4, 0.5) is 0 Å². The molecule has 0 heterocycles. The molecule has 0 aliphatic rings. The molecule has 0 fully saturated rings. The maximum absolute atomic E-state index is 12.3. The Morgan fingerprint density at radius 1 is 1.15 bits per heavy atom. The number of ketones is 1. The summed E-state index contributed by atoms with van der Waals surface area (Å²) < 4.78 is 0. The van der Waals surface area contributed by atoms with Crippen molar-refractivity contribution in [3.63, 3.8) is 0 Å². The van der Waals surface area contributed by atoms with E-state index in [0.717, 1.165) is 37.9 Å². The van der Waals surface area contributed by atoms with Crippen LogP contribution in [0.3, 0.4) is 0 Å². The molecule has 112 valence electrons. The summed E-state index contributed by atoms with van der Waals surface area (Å²) in [7, 11) is 0. The standard InChI is InChI=1S/C18H29NO/c1-5-8-16-9-11-17(12-10-16)18(20)14-19(7-3)13-15(4)6-2/h9-12,15H,5-8,13-14H2,1-4H3. The normalized spacial score (nSPS) is 12.7. The first-order valence-electron chi connectivity index (χ1n) is 7.95. The van der Waals surface area contributed by atoms with Gasteiger partial charge in [-0.1, -0.05) is 64.8 Å². The molecule has 0 bridgehead atoms. The Balaban J connectivity index is 2.59. The smallest absolute Gasteiger partial charge is 0.176 e. The van der Waals surface area contributed by atoms with Crippen LogP contribution >= 0.6 is 0 Å². The average Bonchev–Trinajstić information content (AvgIpc) is 2.47. The molecule has 0 saturated heterocycles. The molecule has 0 N–H and O–H groups in total. The number of aryl methyl sites for hydroxylation is 1. The number of benzene rings is 1. The van der Waals surface area contributed by atoms with Crippen LogP contribution in [0, 0.1) is 5.92 Å². The van der Waals surface area contributed by atoms with Crippen molar-refractivity contribution in [1.29, 1.82) is 0 Å². The molecule has 0 saturated carbocycles. The molecule has 0 amide bonds. The fourth-order valence-electron chi connectivity index (χ4n) is 2.32. The number of nitrogens with zero attached hydrogens (tertiary/aromatic N) is 1. The van der Waals surface area contributed by atoms with E-state index < -0.39 is 0 Å². The summed E-state index contributed by atoms with van der Waals surface area (Å²) in [6, 6.07) is 8.12. The summed E-state index contributed by atoms with van der Waals surface area (Å²) in [5, 5.41) is 0. The first-order valence-corrected chi connectivity index (χ1v) is 7.95. The largest absolute Gasteiger partial charge is 0.296 e. The Morgan fingerprint density at radius 3 is 2.30 bits per heavy atom. The summed E-state index contributed by atoms with van der Waals surface area (Å²) in [6.07, 6.45) is 3.39. The van der Waals surface area contributed by atoms with Gasteiger partial charge in [0.15, 0.2) is 5.78 Å². The van der Waals surface area contributed by atoms with Gasteiger partial charge < -0.3 is 0 Å². The van der Waals surface area contributed by atoms with Gasteiger partial charge in [0.25, 0.3) is 0 Å². The van der Waals surface area contributed by atoms with Crippen LogP contribution in [0.15, 0.2) is 24.3 Å². The predicted octanol–water partition coefficient (Wildman–Crippen LogP) is 4.19. The Morgan fingerprint density at radius 2 is 1.80 bits per heavy atom. The molecule has 1 aromatic rings. The summed E-state index contributed by atoms with van der Waals surface area (Å²) >= 11 is 0. The third-order valence-corrected chi connectivity index (χ3v) is 3.90. The van der Waals surface area contributed by atoms with Crippen molar-refractivity contribution in [2.75, 3.05) is 19.6 Å². The van der Waals surface area contributed by atoms with Crippen molar-refractivity contribution < 1.29 is 4.79 Å². The van der Waals surface area contributed by atoms with Crippen molar-refractivity contribution in [2.24, 2.45) is 5.92 Å². The van der Waals surface area contributed by atoms with Crippen molar-refractivity contribution in [1.82, 2.24) is 4.90 Å². The highest BCUT2D eigenvalue weighted by Gasteiger charge is 2.13. The van der Waals surface area contributed by atoms with Crippen molar-refractivity contribution in [3.8, 4) is 0 Å². The topological polar surface area (TPSA) is 20.3 Å². The molecule has 2 nitrogen and oxygen atoms in total. The van der Waals surface area contributed by atoms with Gasteiger partial charge in [-0.05, 0) is 24.4 Å². The Bertz CT molecular complexity index is 396. The Hall–Kier alpha value is -1.15.